The standard InChI is InChI=1S/C24H24F3N3O3/c1-16-21(17(2)30(29-16)14-19-6-4-3-5-7-19)13-28-22(31)15-33-23(32)12-18-8-10-20(11-9-18)24(25,26)27/h3-11H,12-15H2,1-2H3,(H,28,31). The van der Waals surface area contributed by atoms with Gasteiger partial charge in [-0.2, -0.15) is 18.3 Å². The first-order chi connectivity index (χ1) is 15.6. The number of aryl methyl sites for hydroxylation is 1. The molecule has 0 saturated heterocycles. The van der Waals surface area contributed by atoms with Crippen LogP contribution in [0.15, 0.2) is 54.6 Å². The molecule has 1 heterocycles. The Hall–Kier alpha value is -3.62. The van der Waals surface area contributed by atoms with Gasteiger partial charge in [0.25, 0.3) is 5.91 Å². The highest BCUT2D eigenvalue weighted by Gasteiger charge is 2.30. The first kappa shape index (κ1) is 24.0. The van der Waals surface area contributed by atoms with Gasteiger partial charge in [0.2, 0.25) is 0 Å². The van der Waals surface area contributed by atoms with Crippen molar-refractivity contribution < 1.29 is 27.5 Å². The Balaban J connectivity index is 1.47. The van der Waals surface area contributed by atoms with Crippen molar-refractivity contribution in [1.82, 2.24) is 15.1 Å². The van der Waals surface area contributed by atoms with Crippen molar-refractivity contribution in [1.29, 1.82) is 0 Å². The van der Waals surface area contributed by atoms with Crippen LogP contribution in [0.4, 0.5) is 13.2 Å². The number of alkyl halides is 3. The largest absolute Gasteiger partial charge is 0.455 e. The molecule has 0 radical (unpaired) electrons. The molecular weight excluding hydrogens is 435 g/mol. The number of nitrogens with one attached hydrogen (secondary N) is 1. The second kappa shape index (κ2) is 10.3. The maximum atomic E-state index is 12.6. The van der Waals surface area contributed by atoms with Crippen LogP contribution >= 0.6 is 0 Å². The number of carbonyl (C=O) groups is 2. The molecule has 0 aliphatic heterocycles. The third-order valence-corrected chi connectivity index (χ3v) is 5.16. The number of hydrogen-bond acceptors (Lipinski definition) is 4. The quantitative estimate of drug-likeness (QED) is 0.518. The van der Waals surface area contributed by atoms with E-state index >= 15 is 0 Å². The second-order valence-electron chi connectivity index (χ2n) is 7.60. The smallest absolute Gasteiger partial charge is 0.416 e. The van der Waals surface area contributed by atoms with Gasteiger partial charge in [-0.05, 0) is 37.1 Å². The number of rotatable bonds is 8. The van der Waals surface area contributed by atoms with Crippen LogP contribution in [0, 0.1) is 13.8 Å². The Morgan fingerprint density at radius 2 is 1.67 bits per heavy atom. The van der Waals surface area contributed by atoms with Gasteiger partial charge in [-0.3, -0.25) is 14.3 Å². The zero-order valence-corrected chi connectivity index (χ0v) is 18.3. The molecule has 0 fully saturated rings. The number of amides is 1. The number of benzene rings is 2. The van der Waals surface area contributed by atoms with Gasteiger partial charge in [0, 0.05) is 17.8 Å². The lowest BCUT2D eigenvalue weighted by molar-refractivity contribution is -0.147. The highest BCUT2D eigenvalue weighted by Crippen LogP contribution is 2.29. The highest BCUT2D eigenvalue weighted by molar-refractivity contribution is 5.81. The van der Waals surface area contributed by atoms with Crippen LogP contribution in [-0.4, -0.2) is 28.3 Å². The third kappa shape index (κ3) is 6.68. The van der Waals surface area contributed by atoms with Crippen LogP contribution in [0.25, 0.3) is 0 Å². The van der Waals surface area contributed by atoms with Crippen LogP contribution in [0.3, 0.4) is 0 Å². The monoisotopic (exact) mass is 459 g/mol. The maximum absolute atomic E-state index is 12.6. The minimum Gasteiger partial charge on any atom is -0.455 e. The summed E-state index contributed by atoms with van der Waals surface area (Å²) in [5, 5.41) is 7.24. The molecule has 0 atom stereocenters. The molecule has 0 aliphatic rings. The average Bonchev–Trinajstić information content (AvgIpc) is 3.03. The van der Waals surface area contributed by atoms with E-state index in [9.17, 15) is 22.8 Å². The van der Waals surface area contributed by atoms with E-state index in [1.165, 1.54) is 12.1 Å². The van der Waals surface area contributed by atoms with Gasteiger partial charge in [0.05, 0.1) is 24.2 Å². The number of hydrogen-bond donors (Lipinski definition) is 1. The number of aromatic nitrogens is 2. The van der Waals surface area contributed by atoms with Crippen molar-refractivity contribution in [2.45, 2.75) is 39.5 Å². The summed E-state index contributed by atoms with van der Waals surface area (Å²) in [5.74, 6) is -1.18. The Morgan fingerprint density at radius 3 is 2.30 bits per heavy atom. The van der Waals surface area contributed by atoms with Crippen molar-refractivity contribution in [3.8, 4) is 0 Å². The molecule has 3 aromatic rings. The minimum atomic E-state index is -4.44. The van der Waals surface area contributed by atoms with E-state index in [1.54, 1.807) is 0 Å². The number of carbonyl (C=O) groups excluding carboxylic acids is 2. The van der Waals surface area contributed by atoms with Crippen LogP contribution < -0.4 is 5.32 Å². The summed E-state index contributed by atoms with van der Waals surface area (Å²) in [7, 11) is 0. The topological polar surface area (TPSA) is 73.2 Å². The van der Waals surface area contributed by atoms with E-state index in [0.717, 1.165) is 34.6 Å². The molecule has 1 N–H and O–H groups in total. The summed E-state index contributed by atoms with van der Waals surface area (Å²) in [6.07, 6.45) is -4.66. The Kier molecular flexibility index (Phi) is 7.52. The highest BCUT2D eigenvalue weighted by atomic mass is 19.4. The average molecular weight is 459 g/mol. The summed E-state index contributed by atoms with van der Waals surface area (Å²) >= 11 is 0. The first-order valence-electron chi connectivity index (χ1n) is 10.3. The van der Waals surface area contributed by atoms with E-state index in [0.29, 0.717) is 12.1 Å². The maximum Gasteiger partial charge on any atom is 0.416 e. The number of nitrogens with zero attached hydrogens (tertiary/aromatic N) is 2. The van der Waals surface area contributed by atoms with Crippen LogP contribution in [0.1, 0.15) is 33.6 Å². The molecule has 1 aromatic heterocycles. The molecule has 0 aliphatic carbocycles. The molecule has 0 bridgehead atoms. The summed E-state index contributed by atoms with van der Waals surface area (Å²) < 4.78 is 44.6. The SMILES string of the molecule is Cc1nn(Cc2ccccc2)c(C)c1CNC(=O)COC(=O)Cc1ccc(C(F)(F)F)cc1. The van der Waals surface area contributed by atoms with Gasteiger partial charge in [0.1, 0.15) is 0 Å². The second-order valence-corrected chi connectivity index (χ2v) is 7.60. The predicted molar refractivity (Wildman–Crippen MR) is 115 cm³/mol. The van der Waals surface area contributed by atoms with E-state index in [1.807, 2.05) is 48.9 Å². The first-order valence-corrected chi connectivity index (χ1v) is 10.3. The van der Waals surface area contributed by atoms with Gasteiger partial charge in [-0.1, -0.05) is 42.5 Å². The number of esters is 1. The summed E-state index contributed by atoms with van der Waals surface area (Å²) in [4.78, 5) is 24.0. The summed E-state index contributed by atoms with van der Waals surface area (Å²) in [6.45, 7) is 4.16. The van der Waals surface area contributed by atoms with Crippen molar-refractivity contribution in [2.24, 2.45) is 0 Å². The van der Waals surface area contributed by atoms with Crippen molar-refractivity contribution in [3.63, 3.8) is 0 Å². The van der Waals surface area contributed by atoms with Crippen molar-refractivity contribution in [3.05, 3.63) is 88.2 Å². The van der Waals surface area contributed by atoms with Gasteiger partial charge in [-0.25, -0.2) is 0 Å². The lowest BCUT2D eigenvalue weighted by atomic mass is 10.1. The van der Waals surface area contributed by atoms with Gasteiger partial charge < -0.3 is 10.1 Å². The van der Waals surface area contributed by atoms with E-state index < -0.39 is 30.2 Å². The van der Waals surface area contributed by atoms with Crippen LogP contribution in [0.5, 0.6) is 0 Å². The Bertz CT molecular complexity index is 1110. The molecule has 0 saturated carbocycles. The predicted octanol–water partition coefficient (Wildman–Crippen LogP) is 3.97. The van der Waals surface area contributed by atoms with Crippen molar-refractivity contribution in [2.75, 3.05) is 6.61 Å². The molecule has 3 rings (SSSR count). The normalized spacial score (nSPS) is 11.3. The van der Waals surface area contributed by atoms with E-state index in [-0.39, 0.29) is 13.0 Å². The fraction of sp³-hybridized carbons (Fsp3) is 0.292. The van der Waals surface area contributed by atoms with Gasteiger partial charge in [-0.15, -0.1) is 0 Å². The van der Waals surface area contributed by atoms with Crippen LogP contribution in [-0.2, 0) is 40.0 Å². The molecule has 0 spiro atoms. The number of ether oxygens (including phenoxy) is 1. The molecule has 9 heteroatoms. The number of halogens is 3. The van der Waals surface area contributed by atoms with Gasteiger partial charge >= 0.3 is 12.1 Å². The fourth-order valence-electron chi connectivity index (χ4n) is 3.31. The summed E-state index contributed by atoms with van der Waals surface area (Å²) in [5.41, 5.74) is 3.29. The molecular formula is C24H24F3N3O3. The van der Waals surface area contributed by atoms with E-state index in [2.05, 4.69) is 10.4 Å². The molecule has 33 heavy (non-hydrogen) atoms. The third-order valence-electron chi connectivity index (χ3n) is 5.16. The fourth-order valence-corrected chi connectivity index (χ4v) is 3.31. The van der Waals surface area contributed by atoms with Crippen LogP contribution in [0.2, 0.25) is 0 Å². The summed E-state index contributed by atoms with van der Waals surface area (Å²) in [6, 6.07) is 14.1. The lowest BCUT2D eigenvalue weighted by Gasteiger charge is -2.09. The molecule has 174 valence electrons. The van der Waals surface area contributed by atoms with E-state index in [4.69, 9.17) is 4.74 Å². The van der Waals surface area contributed by atoms with Crippen molar-refractivity contribution >= 4 is 11.9 Å². The molecule has 2 aromatic carbocycles. The Labute approximate surface area is 189 Å². The zero-order chi connectivity index (χ0) is 24.0. The minimum absolute atomic E-state index is 0.226. The zero-order valence-electron chi connectivity index (χ0n) is 18.3. The molecule has 6 nitrogen and oxygen atoms in total. The molecule has 1 amide bonds. The lowest BCUT2D eigenvalue weighted by Crippen LogP contribution is -2.29. The van der Waals surface area contributed by atoms with Gasteiger partial charge in [0.15, 0.2) is 6.61 Å². The Morgan fingerprint density at radius 1 is 1.00 bits per heavy atom. The molecule has 0 unspecified atom stereocenters.